The minimum Gasteiger partial charge on any atom is -0.379 e. The van der Waals surface area contributed by atoms with Gasteiger partial charge in [0, 0.05) is 39.3 Å². The molecule has 0 radical (unpaired) electrons. The molecule has 19 heavy (non-hydrogen) atoms. The maximum absolute atomic E-state index is 5.50. The van der Waals surface area contributed by atoms with Crippen molar-refractivity contribution < 1.29 is 4.74 Å². The fraction of sp³-hybridized carbons (Fsp3) is 0.625. The van der Waals surface area contributed by atoms with Crippen LogP contribution in [0.5, 0.6) is 0 Å². The van der Waals surface area contributed by atoms with Crippen molar-refractivity contribution in [1.82, 2.24) is 10.2 Å². The molecule has 1 aromatic rings. The Morgan fingerprint density at radius 1 is 1.32 bits per heavy atom. The van der Waals surface area contributed by atoms with E-state index in [0.29, 0.717) is 6.04 Å². The Labute approximate surface area is 116 Å². The molecule has 1 saturated heterocycles. The lowest BCUT2D eigenvalue weighted by Gasteiger charge is -2.35. The molecule has 1 N–H and O–H groups in total. The van der Waals surface area contributed by atoms with Crippen molar-refractivity contribution in [1.29, 1.82) is 0 Å². The fourth-order valence-corrected chi connectivity index (χ4v) is 2.45. The first-order valence-corrected chi connectivity index (χ1v) is 7.16. The first-order valence-electron chi connectivity index (χ1n) is 7.16. The molecule has 1 atom stereocenters. The number of hydrogen-bond donors (Lipinski definition) is 1. The summed E-state index contributed by atoms with van der Waals surface area (Å²) < 4.78 is 5.50. The Kier molecular flexibility index (Phi) is 4.97. The molecule has 3 heteroatoms. The van der Waals surface area contributed by atoms with Crippen LogP contribution in [0.4, 0.5) is 0 Å². The van der Waals surface area contributed by atoms with Gasteiger partial charge in [-0.1, -0.05) is 30.3 Å². The summed E-state index contributed by atoms with van der Waals surface area (Å²) in [5.41, 5.74) is 1.37. The van der Waals surface area contributed by atoms with Crippen LogP contribution in [-0.2, 0) is 4.74 Å². The highest BCUT2D eigenvalue weighted by molar-refractivity contribution is 5.19. The van der Waals surface area contributed by atoms with Gasteiger partial charge in [0.1, 0.15) is 0 Å². The highest BCUT2D eigenvalue weighted by Gasteiger charge is 2.23. The Morgan fingerprint density at radius 2 is 2.05 bits per heavy atom. The van der Waals surface area contributed by atoms with Crippen LogP contribution in [0.2, 0.25) is 0 Å². The predicted octanol–water partition coefficient (Wildman–Crippen LogP) is 2.45. The van der Waals surface area contributed by atoms with E-state index in [1.165, 1.54) is 5.56 Å². The second-order valence-corrected chi connectivity index (χ2v) is 5.93. The third-order valence-electron chi connectivity index (χ3n) is 4.04. The highest BCUT2D eigenvalue weighted by Crippen LogP contribution is 2.19. The van der Waals surface area contributed by atoms with Crippen molar-refractivity contribution in [2.45, 2.75) is 31.9 Å². The molecule has 1 fully saturated rings. The van der Waals surface area contributed by atoms with Crippen molar-refractivity contribution in [3.05, 3.63) is 35.9 Å². The standard InChI is InChI=1S/C16H26N2O/c1-16(2,19-3)9-11-18-12-10-17-15(13-18)14-7-5-4-6-8-14/h4-8,15,17H,9-13H2,1-3H3. The highest BCUT2D eigenvalue weighted by atomic mass is 16.5. The normalized spacial score (nSPS) is 21.5. The van der Waals surface area contributed by atoms with E-state index in [4.69, 9.17) is 4.74 Å². The van der Waals surface area contributed by atoms with Gasteiger partial charge in [-0.05, 0) is 25.8 Å². The molecule has 2 rings (SSSR count). The van der Waals surface area contributed by atoms with Crippen molar-refractivity contribution in [2.75, 3.05) is 33.3 Å². The third-order valence-corrected chi connectivity index (χ3v) is 4.04. The van der Waals surface area contributed by atoms with Crippen LogP contribution in [0.1, 0.15) is 31.9 Å². The van der Waals surface area contributed by atoms with Crippen LogP contribution in [-0.4, -0.2) is 43.8 Å². The van der Waals surface area contributed by atoms with Gasteiger partial charge < -0.3 is 15.0 Å². The summed E-state index contributed by atoms with van der Waals surface area (Å²) in [7, 11) is 1.80. The maximum Gasteiger partial charge on any atom is 0.0634 e. The van der Waals surface area contributed by atoms with Crippen LogP contribution in [0, 0.1) is 0 Å². The Bertz CT molecular complexity index is 378. The molecule has 0 aliphatic carbocycles. The van der Waals surface area contributed by atoms with E-state index >= 15 is 0 Å². The lowest BCUT2D eigenvalue weighted by molar-refractivity contribution is 0.00533. The maximum atomic E-state index is 5.50. The van der Waals surface area contributed by atoms with Gasteiger partial charge in [-0.15, -0.1) is 0 Å². The van der Waals surface area contributed by atoms with Crippen LogP contribution < -0.4 is 5.32 Å². The van der Waals surface area contributed by atoms with Crippen molar-refractivity contribution in [2.24, 2.45) is 0 Å². The van der Waals surface area contributed by atoms with E-state index in [1.807, 2.05) is 0 Å². The molecule has 1 aliphatic heterocycles. The number of ether oxygens (including phenoxy) is 1. The fourth-order valence-electron chi connectivity index (χ4n) is 2.45. The van der Waals surface area contributed by atoms with Gasteiger partial charge >= 0.3 is 0 Å². The molecule has 0 aromatic heterocycles. The number of nitrogens with one attached hydrogen (secondary N) is 1. The van der Waals surface area contributed by atoms with Gasteiger partial charge in [-0.25, -0.2) is 0 Å². The second kappa shape index (κ2) is 6.51. The molecule has 0 bridgehead atoms. The molecule has 0 saturated carbocycles. The Hall–Kier alpha value is -0.900. The summed E-state index contributed by atoms with van der Waals surface area (Å²) in [4.78, 5) is 2.54. The molecular weight excluding hydrogens is 236 g/mol. The van der Waals surface area contributed by atoms with Crippen LogP contribution in [0.3, 0.4) is 0 Å². The summed E-state index contributed by atoms with van der Waals surface area (Å²) in [6, 6.07) is 11.2. The van der Waals surface area contributed by atoms with E-state index in [2.05, 4.69) is 54.4 Å². The van der Waals surface area contributed by atoms with Gasteiger partial charge in [0.05, 0.1) is 5.60 Å². The monoisotopic (exact) mass is 262 g/mol. The van der Waals surface area contributed by atoms with Crippen molar-refractivity contribution in [3.8, 4) is 0 Å². The van der Waals surface area contributed by atoms with Gasteiger partial charge in [-0.2, -0.15) is 0 Å². The van der Waals surface area contributed by atoms with E-state index in [1.54, 1.807) is 7.11 Å². The van der Waals surface area contributed by atoms with E-state index in [0.717, 1.165) is 32.6 Å². The summed E-state index contributed by atoms with van der Waals surface area (Å²) in [5.74, 6) is 0. The predicted molar refractivity (Wildman–Crippen MR) is 79.3 cm³/mol. The first-order chi connectivity index (χ1) is 9.11. The molecule has 1 aliphatic rings. The zero-order valence-corrected chi connectivity index (χ0v) is 12.4. The van der Waals surface area contributed by atoms with Gasteiger partial charge in [-0.3, -0.25) is 0 Å². The van der Waals surface area contributed by atoms with E-state index in [-0.39, 0.29) is 5.60 Å². The zero-order valence-electron chi connectivity index (χ0n) is 12.4. The number of piperazine rings is 1. The van der Waals surface area contributed by atoms with Crippen LogP contribution >= 0.6 is 0 Å². The van der Waals surface area contributed by atoms with Gasteiger partial charge in [0.15, 0.2) is 0 Å². The topological polar surface area (TPSA) is 24.5 Å². The van der Waals surface area contributed by atoms with Crippen molar-refractivity contribution >= 4 is 0 Å². The molecule has 1 aromatic carbocycles. The quantitative estimate of drug-likeness (QED) is 0.882. The van der Waals surface area contributed by atoms with Gasteiger partial charge in [0.2, 0.25) is 0 Å². The largest absolute Gasteiger partial charge is 0.379 e. The summed E-state index contributed by atoms with van der Waals surface area (Å²) >= 11 is 0. The van der Waals surface area contributed by atoms with Crippen LogP contribution in [0.25, 0.3) is 0 Å². The SMILES string of the molecule is COC(C)(C)CCN1CCNC(c2ccccc2)C1. The molecule has 106 valence electrons. The zero-order chi connectivity index (χ0) is 13.7. The smallest absolute Gasteiger partial charge is 0.0634 e. The lowest BCUT2D eigenvalue weighted by Crippen LogP contribution is -2.47. The third kappa shape index (κ3) is 4.30. The molecule has 0 amide bonds. The van der Waals surface area contributed by atoms with Crippen LogP contribution in [0.15, 0.2) is 30.3 Å². The molecule has 3 nitrogen and oxygen atoms in total. The first kappa shape index (κ1) is 14.5. The molecule has 0 spiro atoms. The Balaban J connectivity index is 1.87. The van der Waals surface area contributed by atoms with E-state index in [9.17, 15) is 0 Å². The lowest BCUT2D eigenvalue weighted by atomic mass is 10.0. The van der Waals surface area contributed by atoms with Crippen molar-refractivity contribution in [3.63, 3.8) is 0 Å². The van der Waals surface area contributed by atoms with E-state index < -0.39 is 0 Å². The molecule has 1 unspecified atom stereocenters. The average molecular weight is 262 g/mol. The number of methoxy groups -OCH3 is 1. The minimum atomic E-state index is -0.0207. The number of rotatable bonds is 5. The Morgan fingerprint density at radius 3 is 2.74 bits per heavy atom. The van der Waals surface area contributed by atoms with Gasteiger partial charge in [0.25, 0.3) is 0 Å². The number of hydrogen-bond acceptors (Lipinski definition) is 3. The average Bonchev–Trinajstić information content (AvgIpc) is 2.47. The molecule has 1 heterocycles. The number of benzene rings is 1. The summed E-state index contributed by atoms with van der Waals surface area (Å²) in [6.45, 7) is 8.69. The minimum absolute atomic E-state index is 0.0207. The summed E-state index contributed by atoms with van der Waals surface area (Å²) in [5, 5.41) is 3.60. The number of nitrogens with zero attached hydrogens (tertiary/aromatic N) is 1. The second-order valence-electron chi connectivity index (χ2n) is 5.93. The summed E-state index contributed by atoms with van der Waals surface area (Å²) in [6.07, 6.45) is 1.07. The molecular formula is C16H26N2O.